The highest BCUT2D eigenvalue weighted by molar-refractivity contribution is 5.91. The minimum Gasteiger partial charge on any atom is -0.368 e. The summed E-state index contributed by atoms with van der Waals surface area (Å²) in [5.74, 6) is -2.36. The molecule has 0 unspecified atom stereocenters. The van der Waals surface area contributed by atoms with Crippen molar-refractivity contribution in [1.82, 2.24) is 10.6 Å². The molecule has 0 aromatic heterocycles. The molecular formula is C18H24FN3O4. The largest absolute Gasteiger partial charge is 0.368 e. The lowest BCUT2D eigenvalue weighted by molar-refractivity contribution is -0.131. The summed E-state index contributed by atoms with van der Waals surface area (Å²) < 4.78 is 13.3. The summed E-state index contributed by atoms with van der Waals surface area (Å²) in [6, 6.07) is 3.62. The van der Waals surface area contributed by atoms with Crippen LogP contribution < -0.4 is 16.4 Å². The van der Waals surface area contributed by atoms with Crippen LogP contribution in [0.3, 0.4) is 0 Å². The zero-order valence-corrected chi connectivity index (χ0v) is 14.9. The van der Waals surface area contributed by atoms with Crippen molar-refractivity contribution in [2.24, 2.45) is 5.73 Å². The Balaban J connectivity index is 2.83. The molecule has 7 nitrogen and oxygen atoms in total. The van der Waals surface area contributed by atoms with Gasteiger partial charge in [0, 0.05) is 26.2 Å². The third-order valence-corrected chi connectivity index (χ3v) is 3.79. The summed E-state index contributed by atoms with van der Waals surface area (Å²) in [7, 11) is 0. The number of amides is 3. The number of hydrogen-bond donors (Lipinski definition) is 3. The summed E-state index contributed by atoms with van der Waals surface area (Å²) in [5, 5.41) is 4.94. The van der Waals surface area contributed by atoms with Gasteiger partial charge >= 0.3 is 0 Å². The number of primary amides is 1. The predicted molar refractivity (Wildman–Crippen MR) is 93.4 cm³/mol. The molecule has 1 aromatic carbocycles. The topological polar surface area (TPSA) is 118 Å². The number of halogens is 1. The number of benzene rings is 1. The molecule has 0 aliphatic heterocycles. The molecule has 0 spiro atoms. The number of rotatable bonds is 10. The lowest BCUT2D eigenvalue weighted by Crippen LogP contribution is -2.53. The van der Waals surface area contributed by atoms with Crippen LogP contribution in [0.4, 0.5) is 4.39 Å². The fourth-order valence-electron chi connectivity index (χ4n) is 2.39. The second kappa shape index (κ2) is 10.3. The Labute approximate surface area is 151 Å². The van der Waals surface area contributed by atoms with Crippen LogP contribution in [0.2, 0.25) is 0 Å². The molecule has 142 valence electrons. The van der Waals surface area contributed by atoms with Crippen LogP contribution >= 0.6 is 0 Å². The van der Waals surface area contributed by atoms with Gasteiger partial charge in [0.25, 0.3) is 0 Å². The standard InChI is InChI=1S/C18H24FN3O4/c1-3-14(24)7-8-15(17(20)25)22-18(26)16(21-11(2)23)10-12-5-4-6-13(19)9-12/h4-6,9,15-16H,3,7-8,10H2,1-2H3,(H2,20,25)(H,21,23)(H,22,26)/t15-,16+/m0/s1. The van der Waals surface area contributed by atoms with E-state index in [1.807, 2.05) is 0 Å². The van der Waals surface area contributed by atoms with Gasteiger partial charge < -0.3 is 16.4 Å². The van der Waals surface area contributed by atoms with E-state index in [-0.39, 0.29) is 25.0 Å². The Morgan fingerprint density at radius 2 is 1.85 bits per heavy atom. The average molecular weight is 365 g/mol. The van der Waals surface area contributed by atoms with Gasteiger partial charge in [-0.05, 0) is 24.1 Å². The summed E-state index contributed by atoms with van der Waals surface area (Å²) in [5.41, 5.74) is 5.79. The minimum absolute atomic E-state index is 0.0442. The van der Waals surface area contributed by atoms with Crippen molar-refractivity contribution in [3.05, 3.63) is 35.6 Å². The first-order valence-corrected chi connectivity index (χ1v) is 8.35. The van der Waals surface area contributed by atoms with E-state index in [1.165, 1.54) is 25.1 Å². The Morgan fingerprint density at radius 1 is 1.15 bits per heavy atom. The van der Waals surface area contributed by atoms with E-state index in [4.69, 9.17) is 5.73 Å². The van der Waals surface area contributed by atoms with Crippen molar-refractivity contribution >= 4 is 23.5 Å². The second-order valence-electron chi connectivity index (χ2n) is 5.98. The fourth-order valence-corrected chi connectivity index (χ4v) is 2.39. The van der Waals surface area contributed by atoms with E-state index in [0.29, 0.717) is 12.0 Å². The normalized spacial score (nSPS) is 12.7. The number of carbonyl (C=O) groups excluding carboxylic acids is 4. The van der Waals surface area contributed by atoms with Gasteiger partial charge in [-0.1, -0.05) is 19.1 Å². The second-order valence-corrected chi connectivity index (χ2v) is 5.98. The Bertz CT molecular complexity index is 678. The van der Waals surface area contributed by atoms with E-state index in [1.54, 1.807) is 13.0 Å². The zero-order chi connectivity index (χ0) is 19.7. The summed E-state index contributed by atoms with van der Waals surface area (Å²) in [6.07, 6.45) is 0.565. The SMILES string of the molecule is CCC(=O)CC[C@H](NC(=O)[C@@H](Cc1cccc(F)c1)NC(C)=O)C(N)=O. The quantitative estimate of drug-likeness (QED) is 0.563. The van der Waals surface area contributed by atoms with Crippen LogP contribution in [0, 0.1) is 5.82 Å². The van der Waals surface area contributed by atoms with Crippen molar-refractivity contribution in [2.45, 2.75) is 51.6 Å². The highest BCUT2D eigenvalue weighted by Crippen LogP contribution is 2.08. The van der Waals surface area contributed by atoms with E-state index < -0.39 is 35.6 Å². The van der Waals surface area contributed by atoms with Crippen LogP contribution in [0.1, 0.15) is 38.7 Å². The lowest BCUT2D eigenvalue weighted by atomic mass is 10.0. The van der Waals surface area contributed by atoms with E-state index in [9.17, 15) is 23.6 Å². The molecule has 0 radical (unpaired) electrons. The molecule has 26 heavy (non-hydrogen) atoms. The van der Waals surface area contributed by atoms with Crippen LogP contribution in [0.15, 0.2) is 24.3 Å². The maximum absolute atomic E-state index is 13.3. The van der Waals surface area contributed by atoms with Crippen molar-refractivity contribution in [3.63, 3.8) is 0 Å². The molecule has 0 aliphatic rings. The first kappa shape index (κ1) is 21.3. The molecule has 4 N–H and O–H groups in total. The Kier molecular flexibility index (Phi) is 8.41. The average Bonchev–Trinajstić information content (AvgIpc) is 2.56. The van der Waals surface area contributed by atoms with Crippen LogP contribution in [-0.4, -0.2) is 35.6 Å². The summed E-state index contributed by atoms with van der Waals surface area (Å²) in [4.78, 5) is 46.8. The van der Waals surface area contributed by atoms with Crippen LogP contribution in [0.25, 0.3) is 0 Å². The zero-order valence-electron chi connectivity index (χ0n) is 14.9. The molecule has 0 heterocycles. The molecule has 8 heteroatoms. The maximum atomic E-state index is 13.3. The van der Waals surface area contributed by atoms with Gasteiger partial charge in [0.15, 0.2) is 0 Å². The summed E-state index contributed by atoms with van der Waals surface area (Å²) in [6.45, 7) is 2.95. The molecule has 1 rings (SSSR count). The number of Topliss-reactive ketones (excluding diaryl/α,β-unsaturated/α-hetero) is 1. The van der Waals surface area contributed by atoms with Gasteiger partial charge in [0.2, 0.25) is 17.7 Å². The monoisotopic (exact) mass is 365 g/mol. The van der Waals surface area contributed by atoms with E-state index in [2.05, 4.69) is 10.6 Å². The predicted octanol–water partition coefficient (Wildman–Crippen LogP) is 0.602. The highest BCUT2D eigenvalue weighted by atomic mass is 19.1. The first-order valence-electron chi connectivity index (χ1n) is 8.35. The number of hydrogen-bond acceptors (Lipinski definition) is 4. The van der Waals surface area contributed by atoms with Crippen molar-refractivity contribution in [1.29, 1.82) is 0 Å². The number of nitrogens with two attached hydrogens (primary N) is 1. The fraction of sp³-hybridized carbons (Fsp3) is 0.444. The van der Waals surface area contributed by atoms with Crippen molar-refractivity contribution < 1.29 is 23.6 Å². The van der Waals surface area contributed by atoms with Gasteiger partial charge in [-0.2, -0.15) is 0 Å². The molecule has 0 saturated carbocycles. The Hall–Kier alpha value is -2.77. The molecule has 0 saturated heterocycles. The third kappa shape index (κ3) is 7.42. The van der Waals surface area contributed by atoms with Gasteiger partial charge in [-0.25, -0.2) is 4.39 Å². The molecular weight excluding hydrogens is 341 g/mol. The maximum Gasteiger partial charge on any atom is 0.243 e. The third-order valence-electron chi connectivity index (χ3n) is 3.79. The molecule has 0 aliphatic carbocycles. The van der Waals surface area contributed by atoms with Crippen molar-refractivity contribution in [2.75, 3.05) is 0 Å². The van der Waals surface area contributed by atoms with Crippen LogP contribution in [-0.2, 0) is 25.6 Å². The van der Waals surface area contributed by atoms with Gasteiger partial charge in [-0.15, -0.1) is 0 Å². The number of nitrogens with one attached hydrogen (secondary N) is 2. The summed E-state index contributed by atoms with van der Waals surface area (Å²) >= 11 is 0. The lowest BCUT2D eigenvalue weighted by Gasteiger charge is -2.21. The highest BCUT2D eigenvalue weighted by Gasteiger charge is 2.25. The molecule has 3 amide bonds. The van der Waals surface area contributed by atoms with Crippen molar-refractivity contribution in [3.8, 4) is 0 Å². The molecule has 1 aromatic rings. The number of carbonyl (C=O) groups is 4. The first-order chi connectivity index (χ1) is 12.2. The molecule has 2 atom stereocenters. The molecule has 0 fully saturated rings. The van der Waals surface area contributed by atoms with E-state index >= 15 is 0 Å². The molecule has 0 bridgehead atoms. The van der Waals surface area contributed by atoms with E-state index in [0.717, 1.165) is 0 Å². The smallest absolute Gasteiger partial charge is 0.243 e. The minimum atomic E-state index is -1.03. The van der Waals surface area contributed by atoms with Gasteiger partial charge in [-0.3, -0.25) is 19.2 Å². The van der Waals surface area contributed by atoms with Gasteiger partial charge in [0.05, 0.1) is 0 Å². The number of ketones is 1. The van der Waals surface area contributed by atoms with Gasteiger partial charge in [0.1, 0.15) is 23.7 Å². The Morgan fingerprint density at radius 3 is 2.38 bits per heavy atom. The van der Waals surface area contributed by atoms with Crippen LogP contribution in [0.5, 0.6) is 0 Å².